The minimum Gasteiger partial charge on any atom is -0.317 e. The van der Waals surface area contributed by atoms with E-state index in [0.29, 0.717) is 18.4 Å². The van der Waals surface area contributed by atoms with Crippen molar-refractivity contribution in [1.82, 2.24) is 10.0 Å². The molecular weight excluding hydrogens is 255 g/mol. The second kappa shape index (κ2) is 5.77. The van der Waals surface area contributed by atoms with E-state index in [4.69, 9.17) is 0 Å². The SMILES string of the molecule is O=S(=O)(NCc1cccc(F)c1)C1CCNCC1. The summed E-state index contributed by atoms with van der Waals surface area (Å²) in [6.45, 7) is 1.60. The summed E-state index contributed by atoms with van der Waals surface area (Å²) in [5, 5.41) is 2.79. The predicted molar refractivity (Wildman–Crippen MR) is 68.1 cm³/mol. The van der Waals surface area contributed by atoms with Gasteiger partial charge in [-0.1, -0.05) is 12.1 Å². The highest BCUT2D eigenvalue weighted by Gasteiger charge is 2.26. The van der Waals surface area contributed by atoms with E-state index in [1.807, 2.05) is 0 Å². The topological polar surface area (TPSA) is 58.2 Å². The minimum absolute atomic E-state index is 0.143. The first-order valence-electron chi connectivity index (χ1n) is 6.01. The highest BCUT2D eigenvalue weighted by atomic mass is 32.2. The van der Waals surface area contributed by atoms with Gasteiger partial charge < -0.3 is 5.32 Å². The van der Waals surface area contributed by atoms with Crippen LogP contribution in [0.2, 0.25) is 0 Å². The lowest BCUT2D eigenvalue weighted by Gasteiger charge is -2.22. The van der Waals surface area contributed by atoms with Gasteiger partial charge in [0, 0.05) is 6.54 Å². The molecule has 0 atom stereocenters. The average Bonchev–Trinajstić information content (AvgIpc) is 2.38. The molecule has 6 heteroatoms. The molecule has 0 spiro atoms. The zero-order chi connectivity index (χ0) is 13.0. The Morgan fingerprint density at radius 3 is 2.72 bits per heavy atom. The fraction of sp³-hybridized carbons (Fsp3) is 0.500. The van der Waals surface area contributed by atoms with Crippen molar-refractivity contribution in [3.05, 3.63) is 35.6 Å². The smallest absolute Gasteiger partial charge is 0.214 e. The van der Waals surface area contributed by atoms with Gasteiger partial charge in [-0.05, 0) is 43.6 Å². The summed E-state index contributed by atoms with van der Waals surface area (Å²) in [6.07, 6.45) is 1.25. The Labute approximate surface area is 107 Å². The molecule has 1 aromatic carbocycles. The van der Waals surface area contributed by atoms with Gasteiger partial charge in [0.25, 0.3) is 0 Å². The number of halogens is 1. The molecule has 1 heterocycles. The van der Waals surface area contributed by atoms with Gasteiger partial charge in [-0.3, -0.25) is 0 Å². The maximum atomic E-state index is 13.0. The molecule has 2 N–H and O–H groups in total. The van der Waals surface area contributed by atoms with Crippen molar-refractivity contribution < 1.29 is 12.8 Å². The zero-order valence-electron chi connectivity index (χ0n) is 10.0. The van der Waals surface area contributed by atoms with Crippen LogP contribution in [-0.4, -0.2) is 26.8 Å². The molecule has 2 rings (SSSR count). The number of benzene rings is 1. The van der Waals surface area contributed by atoms with Crippen molar-refractivity contribution in [1.29, 1.82) is 0 Å². The molecule has 1 aliphatic rings. The molecule has 4 nitrogen and oxygen atoms in total. The van der Waals surface area contributed by atoms with Crippen LogP contribution < -0.4 is 10.0 Å². The van der Waals surface area contributed by atoms with E-state index in [0.717, 1.165) is 13.1 Å². The van der Waals surface area contributed by atoms with E-state index in [1.54, 1.807) is 12.1 Å². The Kier molecular flexibility index (Phi) is 4.31. The third-order valence-electron chi connectivity index (χ3n) is 3.09. The Bertz CT molecular complexity index is 499. The number of hydrogen-bond acceptors (Lipinski definition) is 3. The van der Waals surface area contributed by atoms with Gasteiger partial charge in [0.05, 0.1) is 5.25 Å². The van der Waals surface area contributed by atoms with E-state index in [1.165, 1.54) is 12.1 Å². The maximum absolute atomic E-state index is 13.0. The van der Waals surface area contributed by atoms with Crippen molar-refractivity contribution in [3.63, 3.8) is 0 Å². The Morgan fingerprint density at radius 2 is 2.06 bits per heavy atom. The van der Waals surface area contributed by atoms with Crippen molar-refractivity contribution >= 4 is 10.0 Å². The fourth-order valence-electron chi connectivity index (χ4n) is 2.05. The van der Waals surface area contributed by atoms with E-state index < -0.39 is 10.0 Å². The van der Waals surface area contributed by atoms with Crippen LogP contribution >= 0.6 is 0 Å². The molecular formula is C12H17FN2O2S. The fourth-order valence-corrected chi connectivity index (χ4v) is 3.51. The quantitative estimate of drug-likeness (QED) is 0.859. The summed E-state index contributed by atoms with van der Waals surface area (Å²) in [7, 11) is -3.31. The van der Waals surface area contributed by atoms with Gasteiger partial charge in [-0.2, -0.15) is 0 Å². The first-order valence-corrected chi connectivity index (χ1v) is 7.56. The third kappa shape index (κ3) is 3.51. The Balaban J connectivity index is 1.96. The summed E-state index contributed by atoms with van der Waals surface area (Å²) in [5.41, 5.74) is 0.632. The highest BCUT2D eigenvalue weighted by molar-refractivity contribution is 7.90. The Morgan fingerprint density at radius 1 is 1.33 bits per heavy atom. The van der Waals surface area contributed by atoms with Gasteiger partial charge >= 0.3 is 0 Å². The lowest BCUT2D eigenvalue weighted by Crippen LogP contribution is -2.41. The van der Waals surface area contributed by atoms with E-state index in [9.17, 15) is 12.8 Å². The van der Waals surface area contributed by atoms with Gasteiger partial charge in [-0.25, -0.2) is 17.5 Å². The molecule has 0 saturated carbocycles. The van der Waals surface area contributed by atoms with Crippen molar-refractivity contribution in [2.75, 3.05) is 13.1 Å². The van der Waals surface area contributed by atoms with Gasteiger partial charge in [0.15, 0.2) is 0 Å². The molecule has 0 aliphatic carbocycles. The first kappa shape index (κ1) is 13.5. The lowest BCUT2D eigenvalue weighted by molar-refractivity contribution is 0.489. The average molecular weight is 272 g/mol. The maximum Gasteiger partial charge on any atom is 0.214 e. The van der Waals surface area contributed by atoms with Crippen molar-refractivity contribution in [2.24, 2.45) is 0 Å². The second-order valence-electron chi connectivity index (χ2n) is 4.45. The second-order valence-corrected chi connectivity index (χ2v) is 6.49. The number of rotatable bonds is 4. The van der Waals surface area contributed by atoms with Crippen LogP contribution in [0.3, 0.4) is 0 Å². The molecule has 1 aliphatic heterocycles. The molecule has 0 unspecified atom stereocenters. The predicted octanol–water partition coefficient (Wildman–Crippen LogP) is 0.997. The zero-order valence-corrected chi connectivity index (χ0v) is 10.8. The molecule has 18 heavy (non-hydrogen) atoms. The number of hydrogen-bond donors (Lipinski definition) is 2. The van der Waals surface area contributed by atoms with E-state index >= 15 is 0 Å². The molecule has 1 saturated heterocycles. The van der Waals surface area contributed by atoms with Crippen LogP contribution in [0, 0.1) is 5.82 Å². The first-order chi connectivity index (χ1) is 8.58. The molecule has 1 aromatic rings. The normalized spacial score (nSPS) is 17.8. The van der Waals surface area contributed by atoms with Gasteiger partial charge in [-0.15, -0.1) is 0 Å². The van der Waals surface area contributed by atoms with Crippen molar-refractivity contribution in [2.45, 2.75) is 24.6 Å². The van der Waals surface area contributed by atoms with Crippen LogP contribution in [0.5, 0.6) is 0 Å². The molecule has 0 radical (unpaired) electrons. The van der Waals surface area contributed by atoms with E-state index in [-0.39, 0.29) is 17.6 Å². The molecule has 0 aromatic heterocycles. The van der Waals surface area contributed by atoms with Gasteiger partial charge in [0.1, 0.15) is 5.82 Å². The highest BCUT2D eigenvalue weighted by Crippen LogP contribution is 2.13. The Hall–Kier alpha value is -0.980. The molecule has 100 valence electrons. The van der Waals surface area contributed by atoms with Crippen LogP contribution in [0.4, 0.5) is 4.39 Å². The minimum atomic E-state index is -3.31. The molecule has 1 fully saturated rings. The summed E-state index contributed by atoms with van der Waals surface area (Å²) in [6, 6.07) is 5.95. The number of sulfonamides is 1. The van der Waals surface area contributed by atoms with E-state index in [2.05, 4.69) is 10.0 Å². The number of nitrogens with one attached hydrogen (secondary N) is 2. The third-order valence-corrected chi connectivity index (χ3v) is 4.99. The van der Waals surface area contributed by atoms with Crippen LogP contribution in [0.1, 0.15) is 18.4 Å². The molecule has 0 bridgehead atoms. The number of piperidine rings is 1. The van der Waals surface area contributed by atoms with Crippen LogP contribution in [0.25, 0.3) is 0 Å². The standard InChI is InChI=1S/C12H17FN2O2S/c13-11-3-1-2-10(8-11)9-15-18(16,17)12-4-6-14-7-5-12/h1-3,8,12,14-15H,4-7,9H2. The van der Waals surface area contributed by atoms with Crippen molar-refractivity contribution in [3.8, 4) is 0 Å². The summed E-state index contributed by atoms with van der Waals surface area (Å²) < 4.78 is 39.5. The largest absolute Gasteiger partial charge is 0.317 e. The summed E-state index contributed by atoms with van der Waals surface area (Å²) in [5.74, 6) is -0.353. The van der Waals surface area contributed by atoms with Crippen LogP contribution in [-0.2, 0) is 16.6 Å². The summed E-state index contributed by atoms with van der Waals surface area (Å²) in [4.78, 5) is 0. The molecule has 0 amide bonds. The van der Waals surface area contributed by atoms with Crippen LogP contribution in [0.15, 0.2) is 24.3 Å². The summed E-state index contributed by atoms with van der Waals surface area (Å²) >= 11 is 0. The van der Waals surface area contributed by atoms with Gasteiger partial charge in [0.2, 0.25) is 10.0 Å². The lowest BCUT2D eigenvalue weighted by atomic mass is 10.2. The monoisotopic (exact) mass is 272 g/mol.